The normalized spacial score (nSPS) is 14.5. The predicted octanol–water partition coefficient (Wildman–Crippen LogP) is 2.56. The van der Waals surface area contributed by atoms with Gasteiger partial charge in [-0.1, -0.05) is 12.1 Å². The first kappa shape index (κ1) is 13.2. The maximum Gasteiger partial charge on any atom is 0.130 e. The molecule has 1 aliphatic carbocycles. The van der Waals surface area contributed by atoms with Crippen molar-refractivity contribution in [3.05, 3.63) is 47.3 Å². The van der Waals surface area contributed by atoms with Gasteiger partial charge in [0.15, 0.2) is 0 Å². The summed E-state index contributed by atoms with van der Waals surface area (Å²) in [5.74, 6) is 0.916. The number of rotatable bonds is 6. The second-order valence-electron chi connectivity index (χ2n) is 5.49. The van der Waals surface area contributed by atoms with Crippen molar-refractivity contribution in [3.63, 3.8) is 0 Å². The van der Waals surface area contributed by atoms with Gasteiger partial charge < -0.3 is 10.1 Å². The van der Waals surface area contributed by atoms with E-state index in [4.69, 9.17) is 4.74 Å². The SMILES string of the molecule is Cc1cc(COc2cccc(CNC3CC3)c2)n(C)n1. The first-order valence-corrected chi connectivity index (χ1v) is 7.15. The number of nitrogens with zero attached hydrogens (tertiary/aromatic N) is 2. The van der Waals surface area contributed by atoms with Gasteiger partial charge in [0, 0.05) is 19.6 Å². The number of aryl methyl sites for hydroxylation is 2. The fourth-order valence-electron chi connectivity index (χ4n) is 2.25. The largest absolute Gasteiger partial charge is 0.487 e. The maximum atomic E-state index is 5.86. The minimum absolute atomic E-state index is 0.552. The molecule has 0 saturated heterocycles. The molecule has 4 nitrogen and oxygen atoms in total. The molecule has 0 aliphatic heterocycles. The Balaban J connectivity index is 1.58. The van der Waals surface area contributed by atoms with E-state index in [0.29, 0.717) is 6.61 Å². The van der Waals surface area contributed by atoms with E-state index in [2.05, 4.69) is 28.6 Å². The summed E-state index contributed by atoms with van der Waals surface area (Å²) in [6.07, 6.45) is 2.63. The van der Waals surface area contributed by atoms with Gasteiger partial charge in [-0.05, 0) is 43.5 Å². The Labute approximate surface area is 119 Å². The monoisotopic (exact) mass is 271 g/mol. The molecule has 1 N–H and O–H groups in total. The smallest absolute Gasteiger partial charge is 0.130 e. The van der Waals surface area contributed by atoms with Crippen molar-refractivity contribution >= 4 is 0 Å². The Morgan fingerprint density at radius 3 is 2.90 bits per heavy atom. The molecule has 1 aromatic heterocycles. The van der Waals surface area contributed by atoms with Crippen LogP contribution in [0, 0.1) is 6.92 Å². The van der Waals surface area contributed by atoms with Crippen LogP contribution in [0.25, 0.3) is 0 Å². The van der Waals surface area contributed by atoms with E-state index in [-0.39, 0.29) is 0 Å². The van der Waals surface area contributed by atoms with Gasteiger partial charge in [0.2, 0.25) is 0 Å². The quantitative estimate of drug-likeness (QED) is 0.877. The van der Waals surface area contributed by atoms with Crippen LogP contribution in [0.5, 0.6) is 5.75 Å². The molecule has 20 heavy (non-hydrogen) atoms. The third-order valence-corrected chi connectivity index (χ3v) is 3.56. The molecule has 2 aromatic rings. The number of nitrogens with one attached hydrogen (secondary N) is 1. The molecular weight excluding hydrogens is 250 g/mol. The summed E-state index contributed by atoms with van der Waals surface area (Å²) in [7, 11) is 1.95. The van der Waals surface area contributed by atoms with Crippen LogP contribution in [0.2, 0.25) is 0 Å². The van der Waals surface area contributed by atoms with Crippen molar-refractivity contribution in [1.29, 1.82) is 0 Å². The van der Waals surface area contributed by atoms with E-state index in [9.17, 15) is 0 Å². The fourth-order valence-corrected chi connectivity index (χ4v) is 2.25. The van der Waals surface area contributed by atoms with Crippen molar-refractivity contribution in [1.82, 2.24) is 15.1 Å². The lowest BCUT2D eigenvalue weighted by Gasteiger charge is -2.09. The molecular formula is C16H21N3O. The van der Waals surface area contributed by atoms with Crippen molar-refractivity contribution in [2.45, 2.75) is 39.0 Å². The molecule has 0 amide bonds. The Hall–Kier alpha value is -1.81. The molecule has 3 rings (SSSR count). The lowest BCUT2D eigenvalue weighted by Crippen LogP contribution is -2.15. The Morgan fingerprint density at radius 2 is 2.20 bits per heavy atom. The second-order valence-corrected chi connectivity index (χ2v) is 5.49. The van der Waals surface area contributed by atoms with Crippen molar-refractivity contribution in [3.8, 4) is 5.75 Å². The van der Waals surface area contributed by atoms with E-state index < -0.39 is 0 Å². The number of hydrogen-bond donors (Lipinski definition) is 1. The van der Waals surface area contributed by atoms with E-state index in [0.717, 1.165) is 29.7 Å². The number of benzene rings is 1. The van der Waals surface area contributed by atoms with Gasteiger partial charge in [-0.3, -0.25) is 4.68 Å². The molecule has 0 atom stereocenters. The highest BCUT2D eigenvalue weighted by molar-refractivity contribution is 5.28. The molecule has 1 aliphatic rings. The molecule has 0 radical (unpaired) electrons. The predicted molar refractivity (Wildman–Crippen MR) is 78.6 cm³/mol. The lowest BCUT2D eigenvalue weighted by atomic mass is 10.2. The molecule has 1 heterocycles. The molecule has 106 valence electrons. The van der Waals surface area contributed by atoms with E-state index >= 15 is 0 Å². The van der Waals surface area contributed by atoms with Crippen molar-refractivity contribution < 1.29 is 4.74 Å². The van der Waals surface area contributed by atoms with Crippen LogP contribution >= 0.6 is 0 Å². The highest BCUT2D eigenvalue weighted by Crippen LogP contribution is 2.20. The Kier molecular flexibility index (Phi) is 3.74. The van der Waals surface area contributed by atoms with Crippen LogP contribution in [0.1, 0.15) is 29.8 Å². The van der Waals surface area contributed by atoms with Crippen LogP contribution in [-0.2, 0) is 20.2 Å². The third kappa shape index (κ3) is 3.39. The minimum atomic E-state index is 0.552. The number of aromatic nitrogens is 2. The lowest BCUT2D eigenvalue weighted by molar-refractivity contribution is 0.294. The summed E-state index contributed by atoms with van der Waals surface area (Å²) in [6, 6.07) is 11.1. The van der Waals surface area contributed by atoms with Crippen LogP contribution in [0.4, 0.5) is 0 Å². The zero-order valence-electron chi connectivity index (χ0n) is 12.1. The molecule has 0 unspecified atom stereocenters. The van der Waals surface area contributed by atoms with Gasteiger partial charge >= 0.3 is 0 Å². The van der Waals surface area contributed by atoms with Crippen LogP contribution in [-0.4, -0.2) is 15.8 Å². The summed E-state index contributed by atoms with van der Waals surface area (Å²) < 4.78 is 7.73. The summed E-state index contributed by atoms with van der Waals surface area (Å²) in [5.41, 5.74) is 3.38. The second kappa shape index (κ2) is 5.67. The highest BCUT2D eigenvalue weighted by atomic mass is 16.5. The zero-order valence-corrected chi connectivity index (χ0v) is 12.1. The van der Waals surface area contributed by atoms with E-state index in [1.54, 1.807) is 0 Å². The summed E-state index contributed by atoms with van der Waals surface area (Å²) in [4.78, 5) is 0. The van der Waals surface area contributed by atoms with Gasteiger partial charge in [-0.15, -0.1) is 0 Å². The first-order valence-electron chi connectivity index (χ1n) is 7.15. The standard InChI is InChI=1S/C16H21N3O/c1-12-8-15(19(2)18-12)11-20-16-5-3-4-13(9-16)10-17-14-6-7-14/h3-5,8-9,14,17H,6-7,10-11H2,1-2H3. The van der Waals surface area contributed by atoms with Crippen molar-refractivity contribution in [2.75, 3.05) is 0 Å². The summed E-state index contributed by atoms with van der Waals surface area (Å²) in [5, 5.41) is 7.84. The van der Waals surface area contributed by atoms with Crippen LogP contribution in [0.3, 0.4) is 0 Å². The van der Waals surface area contributed by atoms with Gasteiger partial charge in [0.05, 0.1) is 11.4 Å². The summed E-state index contributed by atoms with van der Waals surface area (Å²) in [6.45, 7) is 3.47. The Morgan fingerprint density at radius 1 is 1.35 bits per heavy atom. The summed E-state index contributed by atoms with van der Waals surface area (Å²) >= 11 is 0. The van der Waals surface area contributed by atoms with Crippen molar-refractivity contribution in [2.24, 2.45) is 7.05 Å². The average Bonchev–Trinajstić information content (AvgIpc) is 3.20. The zero-order chi connectivity index (χ0) is 13.9. The van der Waals surface area contributed by atoms with Gasteiger partial charge in [0.1, 0.15) is 12.4 Å². The first-order chi connectivity index (χ1) is 9.70. The van der Waals surface area contributed by atoms with Crippen LogP contribution < -0.4 is 10.1 Å². The van der Waals surface area contributed by atoms with E-state index in [1.165, 1.54) is 18.4 Å². The van der Waals surface area contributed by atoms with E-state index in [1.807, 2.05) is 30.8 Å². The third-order valence-electron chi connectivity index (χ3n) is 3.56. The van der Waals surface area contributed by atoms with Crippen LogP contribution in [0.15, 0.2) is 30.3 Å². The molecule has 0 bridgehead atoms. The number of hydrogen-bond acceptors (Lipinski definition) is 3. The fraction of sp³-hybridized carbons (Fsp3) is 0.438. The van der Waals surface area contributed by atoms with Gasteiger partial charge in [-0.2, -0.15) is 5.10 Å². The number of ether oxygens (including phenoxy) is 1. The highest BCUT2D eigenvalue weighted by Gasteiger charge is 2.19. The topological polar surface area (TPSA) is 39.1 Å². The maximum absolute atomic E-state index is 5.86. The minimum Gasteiger partial charge on any atom is -0.487 e. The molecule has 1 saturated carbocycles. The van der Waals surface area contributed by atoms with Gasteiger partial charge in [-0.25, -0.2) is 0 Å². The molecule has 1 fully saturated rings. The molecule has 1 aromatic carbocycles. The Bertz CT molecular complexity index is 587. The van der Waals surface area contributed by atoms with Gasteiger partial charge in [0.25, 0.3) is 0 Å². The molecule has 4 heteroatoms. The molecule has 0 spiro atoms. The average molecular weight is 271 g/mol.